The fourth-order valence-corrected chi connectivity index (χ4v) is 5.83. The minimum Gasteiger partial charge on any atom is -0.444 e. The molecule has 7 nitrogen and oxygen atoms in total. The monoisotopic (exact) mass is 556 g/mol. The van der Waals surface area contributed by atoms with E-state index in [1.807, 2.05) is 64.3 Å². The maximum absolute atomic E-state index is 12.1. The van der Waals surface area contributed by atoms with Crippen LogP contribution in [-0.2, 0) is 16.9 Å². The third kappa shape index (κ3) is 9.62. The number of carbonyl (C=O) groups is 1. The number of amides is 1. The van der Waals surface area contributed by atoms with E-state index in [2.05, 4.69) is 19.1 Å². The van der Waals surface area contributed by atoms with Gasteiger partial charge in [-0.05, 0) is 58.4 Å². The predicted octanol–water partition coefficient (Wildman–Crippen LogP) is 7.27. The first-order chi connectivity index (χ1) is 18.9. The molecule has 1 N–H and O–H groups in total. The molecule has 7 heteroatoms. The Morgan fingerprint density at radius 3 is 2.30 bits per heavy atom. The first-order valence-electron chi connectivity index (χ1n) is 15.4. The SMILES string of the molecule is CN(CCCCCCCC[N+](C)(C)Cc1cnc([C@](O)(c2ccccc2)C2CCCCC2)o1)C(=O)OC(C)(C)C. The van der Waals surface area contributed by atoms with E-state index in [1.54, 1.807) is 4.90 Å². The van der Waals surface area contributed by atoms with Crippen molar-refractivity contribution < 1.29 is 23.5 Å². The first kappa shape index (κ1) is 32.1. The van der Waals surface area contributed by atoms with E-state index >= 15 is 0 Å². The Morgan fingerprint density at radius 1 is 1.02 bits per heavy atom. The minimum atomic E-state index is -1.18. The van der Waals surface area contributed by atoms with Gasteiger partial charge < -0.3 is 23.6 Å². The molecule has 40 heavy (non-hydrogen) atoms. The second kappa shape index (κ2) is 14.5. The van der Waals surface area contributed by atoms with Gasteiger partial charge in [-0.25, -0.2) is 9.78 Å². The van der Waals surface area contributed by atoms with Crippen LogP contribution in [0.4, 0.5) is 4.79 Å². The molecule has 0 aliphatic heterocycles. The molecule has 0 bridgehead atoms. The molecule has 0 radical (unpaired) electrons. The largest absolute Gasteiger partial charge is 0.444 e. The van der Waals surface area contributed by atoms with Gasteiger partial charge in [0.15, 0.2) is 11.4 Å². The fourth-order valence-electron chi connectivity index (χ4n) is 5.83. The van der Waals surface area contributed by atoms with Crippen LogP contribution in [-0.4, -0.2) is 65.4 Å². The van der Waals surface area contributed by atoms with Gasteiger partial charge in [0.2, 0.25) is 5.89 Å². The average molecular weight is 557 g/mol. The van der Waals surface area contributed by atoms with Gasteiger partial charge in [0, 0.05) is 19.5 Å². The average Bonchev–Trinajstić information content (AvgIpc) is 3.37. The standard InChI is InChI=1S/C33H54N3O4/c1-32(2,3)40-31(37)35(4)23-17-9-7-8-10-18-24-36(5,6)26-29-25-34-30(39-29)33(38,27-19-13-11-14-20-27)28-21-15-12-16-22-28/h11,13-14,19-20,25,28,38H,7-10,12,15-18,21-24,26H2,1-6H3/q+1/t33-/m0/s1. The zero-order chi connectivity index (χ0) is 29.2. The van der Waals surface area contributed by atoms with Crippen molar-refractivity contribution in [2.75, 3.05) is 34.2 Å². The molecule has 1 aliphatic rings. The Labute approximate surface area is 242 Å². The highest BCUT2D eigenvalue weighted by Crippen LogP contribution is 2.43. The molecule has 3 rings (SSSR count). The molecule has 2 aromatic rings. The summed E-state index contributed by atoms with van der Waals surface area (Å²) in [5, 5.41) is 12.1. The fraction of sp³-hybridized carbons (Fsp3) is 0.697. The Bertz CT molecular complexity index is 1020. The van der Waals surface area contributed by atoms with Gasteiger partial charge in [-0.2, -0.15) is 0 Å². The molecule has 1 aliphatic carbocycles. The van der Waals surface area contributed by atoms with Gasteiger partial charge in [-0.3, -0.25) is 0 Å². The molecule has 1 fully saturated rings. The van der Waals surface area contributed by atoms with Crippen LogP contribution in [0, 0.1) is 5.92 Å². The van der Waals surface area contributed by atoms with Gasteiger partial charge >= 0.3 is 6.09 Å². The smallest absolute Gasteiger partial charge is 0.410 e. The second-order valence-electron chi connectivity index (χ2n) is 13.4. The summed E-state index contributed by atoms with van der Waals surface area (Å²) in [7, 11) is 6.28. The summed E-state index contributed by atoms with van der Waals surface area (Å²) in [5.41, 5.74) is -0.757. The van der Waals surface area contributed by atoms with Crippen molar-refractivity contribution in [1.82, 2.24) is 9.88 Å². The normalized spacial score (nSPS) is 16.5. The summed E-state index contributed by atoms with van der Waals surface area (Å²) in [6.45, 7) is 8.22. The summed E-state index contributed by atoms with van der Waals surface area (Å²) in [6, 6.07) is 9.94. The minimum absolute atomic E-state index is 0.121. The molecule has 224 valence electrons. The van der Waals surface area contributed by atoms with Gasteiger partial charge in [0.25, 0.3) is 0 Å². The van der Waals surface area contributed by atoms with Crippen LogP contribution >= 0.6 is 0 Å². The van der Waals surface area contributed by atoms with Crippen molar-refractivity contribution >= 4 is 6.09 Å². The number of aromatic nitrogens is 1. The van der Waals surface area contributed by atoms with Gasteiger partial charge in [0.1, 0.15) is 12.1 Å². The highest BCUT2D eigenvalue weighted by Gasteiger charge is 2.44. The third-order valence-electron chi connectivity index (χ3n) is 8.09. The van der Waals surface area contributed by atoms with Crippen LogP contribution < -0.4 is 0 Å². The molecule has 1 saturated carbocycles. The first-order valence-corrected chi connectivity index (χ1v) is 15.4. The van der Waals surface area contributed by atoms with Crippen LogP contribution in [0.3, 0.4) is 0 Å². The Hall–Kier alpha value is -2.38. The van der Waals surface area contributed by atoms with Crippen LogP contribution in [0.1, 0.15) is 109 Å². The number of unbranched alkanes of at least 4 members (excludes halogenated alkanes) is 5. The van der Waals surface area contributed by atoms with E-state index in [4.69, 9.17) is 9.15 Å². The van der Waals surface area contributed by atoms with Crippen LogP contribution in [0.25, 0.3) is 0 Å². The highest BCUT2D eigenvalue weighted by molar-refractivity contribution is 5.67. The molecule has 1 aromatic heterocycles. The maximum Gasteiger partial charge on any atom is 0.410 e. The van der Waals surface area contributed by atoms with Crippen LogP contribution in [0.15, 0.2) is 40.9 Å². The summed E-state index contributed by atoms with van der Waals surface area (Å²) in [4.78, 5) is 18.4. The number of oxazole rings is 1. The number of quaternary nitrogens is 1. The van der Waals surface area contributed by atoms with Crippen LogP contribution in [0.2, 0.25) is 0 Å². The molecule has 1 amide bonds. The highest BCUT2D eigenvalue weighted by atomic mass is 16.6. The summed E-state index contributed by atoms with van der Waals surface area (Å²) < 4.78 is 12.5. The maximum atomic E-state index is 12.1. The van der Waals surface area contributed by atoms with E-state index in [9.17, 15) is 9.90 Å². The lowest BCUT2D eigenvalue weighted by Gasteiger charge is -2.36. The number of hydrogen-bond acceptors (Lipinski definition) is 5. The lowest BCUT2D eigenvalue weighted by Crippen LogP contribution is -2.39. The lowest BCUT2D eigenvalue weighted by atomic mass is 9.73. The van der Waals surface area contributed by atoms with Crippen molar-refractivity contribution in [3.63, 3.8) is 0 Å². The number of aliphatic hydroxyl groups is 1. The molecular formula is C33H54N3O4+. The number of rotatable bonds is 14. The van der Waals surface area contributed by atoms with Gasteiger partial charge in [-0.1, -0.05) is 68.9 Å². The molecule has 0 spiro atoms. The van der Waals surface area contributed by atoms with Crippen molar-refractivity contribution in [3.05, 3.63) is 53.7 Å². The van der Waals surface area contributed by atoms with E-state index < -0.39 is 11.2 Å². The predicted molar refractivity (Wildman–Crippen MR) is 160 cm³/mol. The lowest BCUT2D eigenvalue weighted by molar-refractivity contribution is -0.904. The quantitative estimate of drug-likeness (QED) is 0.196. The summed E-state index contributed by atoms with van der Waals surface area (Å²) in [5.74, 6) is 1.40. The Morgan fingerprint density at radius 2 is 1.65 bits per heavy atom. The number of ether oxygens (including phenoxy) is 1. The zero-order valence-electron chi connectivity index (χ0n) is 26.0. The van der Waals surface area contributed by atoms with Crippen molar-refractivity contribution in [1.29, 1.82) is 0 Å². The molecule has 1 heterocycles. The third-order valence-corrected chi connectivity index (χ3v) is 8.09. The van der Waals surface area contributed by atoms with Gasteiger partial charge in [-0.15, -0.1) is 0 Å². The van der Waals surface area contributed by atoms with Gasteiger partial charge in [0.05, 0.1) is 26.8 Å². The van der Waals surface area contributed by atoms with Crippen molar-refractivity contribution in [3.8, 4) is 0 Å². The zero-order valence-corrected chi connectivity index (χ0v) is 26.0. The molecule has 1 atom stereocenters. The van der Waals surface area contributed by atoms with E-state index in [-0.39, 0.29) is 12.0 Å². The summed E-state index contributed by atoms with van der Waals surface area (Å²) in [6.07, 6.45) is 13.9. The molecule has 0 saturated heterocycles. The second-order valence-corrected chi connectivity index (χ2v) is 13.4. The number of hydrogen-bond donors (Lipinski definition) is 1. The van der Waals surface area contributed by atoms with Crippen molar-refractivity contribution in [2.45, 2.75) is 109 Å². The topological polar surface area (TPSA) is 75.8 Å². The Kier molecular flexibility index (Phi) is 11.6. The van der Waals surface area contributed by atoms with Crippen molar-refractivity contribution in [2.24, 2.45) is 5.92 Å². The number of carbonyl (C=O) groups excluding carboxylic acids is 1. The van der Waals surface area contributed by atoms with E-state index in [0.717, 1.165) is 80.4 Å². The molecule has 0 unspecified atom stereocenters. The number of nitrogens with zero attached hydrogens (tertiary/aromatic N) is 3. The number of benzene rings is 1. The summed E-state index contributed by atoms with van der Waals surface area (Å²) >= 11 is 0. The van der Waals surface area contributed by atoms with E-state index in [1.165, 1.54) is 25.7 Å². The van der Waals surface area contributed by atoms with E-state index in [0.29, 0.717) is 5.89 Å². The Balaban J connectivity index is 1.43. The molecular weight excluding hydrogens is 502 g/mol. The van der Waals surface area contributed by atoms with Crippen LogP contribution in [0.5, 0.6) is 0 Å². The molecule has 1 aromatic carbocycles.